The Kier molecular flexibility index (Phi) is 5.12. The Morgan fingerprint density at radius 1 is 1.42 bits per heavy atom. The Balaban J connectivity index is 1.69. The zero-order valence-electron chi connectivity index (χ0n) is 13.3. The molecule has 3 rings (SSSR count). The van der Waals surface area contributed by atoms with Crippen molar-refractivity contribution in [2.45, 2.75) is 25.8 Å². The number of nitrogens with one attached hydrogen (secondary N) is 2. The highest BCUT2D eigenvalue weighted by molar-refractivity contribution is 7.10. The van der Waals surface area contributed by atoms with E-state index in [2.05, 4.69) is 15.6 Å². The molecule has 2 amide bonds. The third kappa shape index (κ3) is 3.74. The lowest BCUT2D eigenvalue weighted by Gasteiger charge is -2.17. The molecule has 0 saturated carbocycles. The van der Waals surface area contributed by atoms with Crippen molar-refractivity contribution < 1.29 is 14.3 Å². The van der Waals surface area contributed by atoms with Crippen molar-refractivity contribution in [3.05, 3.63) is 46.5 Å². The first-order valence-corrected chi connectivity index (χ1v) is 8.68. The predicted molar refractivity (Wildman–Crippen MR) is 94.3 cm³/mol. The highest BCUT2D eigenvalue weighted by Crippen LogP contribution is 2.23. The SMILES string of the molecule is CCc1nc2cc(NC(=O)NC(CCO)c3cccs3)ccc2o1. The Morgan fingerprint density at radius 2 is 2.29 bits per heavy atom. The number of aromatic nitrogens is 1. The average Bonchev–Trinajstić information content (AvgIpc) is 3.23. The highest BCUT2D eigenvalue weighted by atomic mass is 32.1. The lowest BCUT2D eigenvalue weighted by atomic mass is 10.2. The first-order valence-electron chi connectivity index (χ1n) is 7.81. The topological polar surface area (TPSA) is 87.4 Å². The van der Waals surface area contributed by atoms with Gasteiger partial charge in [-0.05, 0) is 36.1 Å². The maximum Gasteiger partial charge on any atom is 0.319 e. The van der Waals surface area contributed by atoms with Gasteiger partial charge in [-0.3, -0.25) is 0 Å². The van der Waals surface area contributed by atoms with Gasteiger partial charge >= 0.3 is 6.03 Å². The van der Waals surface area contributed by atoms with Gasteiger partial charge in [-0.15, -0.1) is 11.3 Å². The van der Waals surface area contributed by atoms with Crippen LogP contribution in [0.4, 0.5) is 10.5 Å². The van der Waals surface area contributed by atoms with Crippen LogP contribution in [0, 0.1) is 0 Å². The molecule has 1 unspecified atom stereocenters. The first-order chi connectivity index (χ1) is 11.7. The standard InChI is InChI=1S/C17H19N3O3S/c1-2-16-19-13-10-11(5-6-14(13)23-16)18-17(22)20-12(7-8-21)15-4-3-9-24-15/h3-6,9-10,12,21H,2,7-8H2,1H3,(H2,18,20,22). The minimum absolute atomic E-state index is 0.00748. The van der Waals surface area contributed by atoms with Crippen LogP contribution in [-0.2, 0) is 6.42 Å². The highest BCUT2D eigenvalue weighted by Gasteiger charge is 2.15. The number of carbonyl (C=O) groups is 1. The predicted octanol–water partition coefficient (Wildman–Crippen LogP) is 3.70. The van der Waals surface area contributed by atoms with Crippen molar-refractivity contribution in [3.63, 3.8) is 0 Å². The summed E-state index contributed by atoms with van der Waals surface area (Å²) in [5.41, 5.74) is 2.06. The molecule has 3 N–H and O–H groups in total. The second-order valence-electron chi connectivity index (χ2n) is 5.32. The van der Waals surface area contributed by atoms with Gasteiger partial charge < -0.3 is 20.2 Å². The third-order valence-electron chi connectivity index (χ3n) is 3.60. The molecule has 0 saturated heterocycles. The van der Waals surface area contributed by atoms with Crippen LogP contribution in [-0.4, -0.2) is 22.7 Å². The molecule has 126 valence electrons. The Hall–Kier alpha value is -2.38. The number of hydrogen-bond acceptors (Lipinski definition) is 5. The van der Waals surface area contributed by atoms with Crippen LogP contribution < -0.4 is 10.6 Å². The third-order valence-corrected chi connectivity index (χ3v) is 4.59. The number of aliphatic hydroxyl groups is 1. The summed E-state index contributed by atoms with van der Waals surface area (Å²) in [5.74, 6) is 0.673. The Morgan fingerprint density at radius 3 is 3.00 bits per heavy atom. The number of aryl methyl sites for hydroxylation is 1. The van der Waals surface area contributed by atoms with Gasteiger partial charge in [0, 0.05) is 23.6 Å². The number of nitrogens with zero attached hydrogens (tertiary/aromatic N) is 1. The molecular weight excluding hydrogens is 326 g/mol. The van der Waals surface area contributed by atoms with E-state index < -0.39 is 0 Å². The van der Waals surface area contributed by atoms with E-state index in [0.29, 0.717) is 23.6 Å². The number of thiophene rings is 1. The molecule has 24 heavy (non-hydrogen) atoms. The van der Waals surface area contributed by atoms with Crippen LogP contribution >= 0.6 is 11.3 Å². The van der Waals surface area contributed by atoms with Gasteiger partial charge in [0.15, 0.2) is 11.5 Å². The smallest absolute Gasteiger partial charge is 0.319 e. The number of hydrogen-bond donors (Lipinski definition) is 3. The van der Waals surface area contributed by atoms with E-state index in [9.17, 15) is 9.90 Å². The minimum Gasteiger partial charge on any atom is -0.441 e. The number of fused-ring (bicyclic) bond motifs is 1. The summed E-state index contributed by atoms with van der Waals surface area (Å²) < 4.78 is 5.56. The monoisotopic (exact) mass is 345 g/mol. The molecule has 0 bridgehead atoms. The second-order valence-corrected chi connectivity index (χ2v) is 6.30. The van der Waals surface area contributed by atoms with E-state index in [1.54, 1.807) is 29.5 Å². The van der Waals surface area contributed by atoms with Gasteiger partial charge in [0.25, 0.3) is 0 Å². The fraction of sp³-hybridized carbons (Fsp3) is 0.294. The molecule has 1 atom stereocenters. The quantitative estimate of drug-likeness (QED) is 0.636. The van der Waals surface area contributed by atoms with Gasteiger partial charge in [0.1, 0.15) is 5.52 Å². The number of carbonyl (C=O) groups excluding carboxylic acids is 1. The van der Waals surface area contributed by atoms with Crippen LogP contribution in [0.5, 0.6) is 0 Å². The van der Waals surface area contributed by atoms with E-state index in [1.165, 1.54) is 0 Å². The number of aliphatic hydroxyl groups excluding tert-OH is 1. The molecule has 1 aromatic carbocycles. The number of amides is 2. The largest absolute Gasteiger partial charge is 0.441 e. The van der Waals surface area contributed by atoms with Crippen molar-refractivity contribution in [2.24, 2.45) is 0 Å². The van der Waals surface area contributed by atoms with E-state index in [0.717, 1.165) is 16.8 Å². The summed E-state index contributed by atoms with van der Waals surface area (Å²) in [5, 5.41) is 16.8. The summed E-state index contributed by atoms with van der Waals surface area (Å²) in [7, 11) is 0. The summed E-state index contributed by atoms with van der Waals surface area (Å²) in [6.07, 6.45) is 1.19. The molecule has 2 heterocycles. The summed E-state index contributed by atoms with van der Waals surface area (Å²) >= 11 is 1.55. The molecule has 0 spiro atoms. The fourth-order valence-corrected chi connectivity index (χ4v) is 3.25. The number of benzene rings is 1. The number of oxazole rings is 1. The minimum atomic E-state index is -0.319. The van der Waals surface area contributed by atoms with Gasteiger partial charge in [-0.25, -0.2) is 9.78 Å². The van der Waals surface area contributed by atoms with Crippen LogP contribution in [0.25, 0.3) is 11.1 Å². The molecule has 0 radical (unpaired) electrons. The van der Waals surface area contributed by atoms with Crippen molar-refractivity contribution in [3.8, 4) is 0 Å². The molecule has 3 aromatic rings. The lowest BCUT2D eigenvalue weighted by molar-refractivity contribution is 0.239. The maximum absolute atomic E-state index is 12.2. The zero-order chi connectivity index (χ0) is 16.9. The van der Waals surface area contributed by atoms with Gasteiger partial charge in [-0.2, -0.15) is 0 Å². The van der Waals surface area contributed by atoms with E-state index in [4.69, 9.17) is 4.42 Å². The van der Waals surface area contributed by atoms with Crippen LogP contribution in [0.1, 0.15) is 30.2 Å². The molecule has 0 aliphatic rings. The number of anilines is 1. The van der Waals surface area contributed by atoms with Crippen molar-refractivity contribution in [1.82, 2.24) is 10.3 Å². The number of rotatable bonds is 6. The van der Waals surface area contributed by atoms with E-state index in [1.807, 2.05) is 24.4 Å². The van der Waals surface area contributed by atoms with Gasteiger partial charge in [0.05, 0.1) is 6.04 Å². The van der Waals surface area contributed by atoms with Crippen LogP contribution in [0.3, 0.4) is 0 Å². The van der Waals surface area contributed by atoms with Crippen molar-refractivity contribution >= 4 is 34.2 Å². The summed E-state index contributed by atoms with van der Waals surface area (Å²) in [6.45, 7) is 1.98. The molecular formula is C17H19N3O3S. The molecule has 7 heteroatoms. The molecule has 0 fully saturated rings. The first kappa shape index (κ1) is 16.5. The van der Waals surface area contributed by atoms with Crippen molar-refractivity contribution in [2.75, 3.05) is 11.9 Å². The molecule has 0 aliphatic heterocycles. The van der Waals surface area contributed by atoms with Crippen LogP contribution in [0.15, 0.2) is 40.1 Å². The normalized spacial score (nSPS) is 12.2. The fourth-order valence-electron chi connectivity index (χ4n) is 2.43. The molecule has 0 aliphatic carbocycles. The van der Waals surface area contributed by atoms with Crippen LogP contribution in [0.2, 0.25) is 0 Å². The molecule has 6 nitrogen and oxygen atoms in total. The Bertz CT molecular complexity index is 814. The zero-order valence-corrected chi connectivity index (χ0v) is 14.1. The number of urea groups is 1. The summed E-state index contributed by atoms with van der Waals surface area (Å²) in [6, 6.07) is 8.69. The summed E-state index contributed by atoms with van der Waals surface area (Å²) in [4.78, 5) is 17.6. The average molecular weight is 345 g/mol. The molecule has 2 aromatic heterocycles. The maximum atomic E-state index is 12.2. The van der Waals surface area contributed by atoms with E-state index in [-0.39, 0.29) is 18.7 Å². The van der Waals surface area contributed by atoms with Gasteiger partial charge in [0.2, 0.25) is 0 Å². The Labute approximate surface area is 143 Å². The second kappa shape index (κ2) is 7.46. The lowest BCUT2D eigenvalue weighted by Crippen LogP contribution is -2.32. The van der Waals surface area contributed by atoms with Gasteiger partial charge in [-0.1, -0.05) is 13.0 Å². The van der Waals surface area contributed by atoms with Crippen molar-refractivity contribution in [1.29, 1.82) is 0 Å². The van der Waals surface area contributed by atoms with E-state index >= 15 is 0 Å².